The molecule has 3 N–H and O–H groups in total. The van der Waals surface area contributed by atoms with Gasteiger partial charge in [-0.3, -0.25) is 0 Å². The lowest BCUT2D eigenvalue weighted by atomic mass is 10.2. The summed E-state index contributed by atoms with van der Waals surface area (Å²) in [7, 11) is 4.24. The number of hydrogen-bond donors (Lipinski definition) is 2. The van der Waals surface area contributed by atoms with Crippen LogP contribution in [0.5, 0.6) is 0 Å². The Labute approximate surface area is 115 Å². The van der Waals surface area contributed by atoms with Crippen LogP contribution >= 0.6 is 0 Å². The van der Waals surface area contributed by atoms with Crippen molar-refractivity contribution in [2.24, 2.45) is 0 Å². The third-order valence-electron chi connectivity index (χ3n) is 3.50. The van der Waals surface area contributed by atoms with E-state index in [4.69, 9.17) is 5.73 Å². The summed E-state index contributed by atoms with van der Waals surface area (Å²) in [4.78, 5) is 13.1. The highest BCUT2D eigenvalue weighted by Crippen LogP contribution is 2.23. The van der Waals surface area contributed by atoms with Gasteiger partial charge in [0, 0.05) is 31.7 Å². The Balaban J connectivity index is 2.09. The van der Waals surface area contributed by atoms with Gasteiger partial charge < -0.3 is 20.9 Å². The van der Waals surface area contributed by atoms with Crippen LogP contribution < -0.4 is 16.0 Å². The molecule has 1 aromatic heterocycles. The molecule has 1 aromatic rings. The largest absolute Gasteiger partial charge is 0.370 e. The van der Waals surface area contributed by atoms with Crippen molar-refractivity contribution in [2.75, 3.05) is 49.7 Å². The first-order valence-corrected chi connectivity index (χ1v) is 6.90. The van der Waals surface area contributed by atoms with Crippen LogP contribution in [0.1, 0.15) is 19.8 Å². The van der Waals surface area contributed by atoms with Crippen molar-refractivity contribution < 1.29 is 0 Å². The van der Waals surface area contributed by atoms with Gasteiger partial charge in [0.2, 0.25) is 5.95 Å². The van der Waals surface area contributed by atoms with Crippen LogP contribution in [-0.2, 0) is 0 Å². The molecule has 2 heterocycles. The molecule has 1 unspecified atom stereocenters. The number of hydrogen-bond acceptors (Lipinski definition) is 6. The molecule has 0 saturated carbocycles. The second-order valence-corrected chi connectivity index (χ2v) is 5.25. The van der Waals surface area contributed by atoms with Crippen molar-refractivity contribution >= 4 is 17.6 Å². The lowest BCUT2D eigenvalue weighted by Crippen LogP contribution is -2.31. The van der Waals surface area contributed by atoms with Gasteiger partial charge in [0.15, 0.2) is 0 Å². The van der Waals surface area contributed by atoms with Crippen LogP contribution in [0.4, 0.5) is 17.6 Å². The number of anilines is 3. The van der Waals surface area contributed by atoms with Crippen molar-refractivity contribution in [3.05, 3.63) is 6.07 Å². The molecule has 0 aromatic carbocycles. The first-order chi connectivity index (χ1) is 9.10. The molecule has 0 bridgehead atoms. The first-order valence-electron chi connectivity index (χ1n) is 6.90. The minimum absolute atomic E-state index is 0.337. The number of nitrogens with zero attached hydrogens (tertiary/aromatic N) is 4. The SMILES string of the molecule is CCCNc1cc(N2CCC(N(C)C)C2)nc(N)n1. The standard InChI is InChI=1S/C13H24N6/c1-4-6-15-11-8-12(17-13(14)16-11)19-7-5-10(9-19)18(2)3/h8,10H,4-7,9H2,1-3H3,(H3,14,15,16,17). The van der Waals surface area contributed by atoms with E-state index in [2.05, 4.69) is 46.1 Å². The van der Waals surface area contributed by atoms with Gasteiger partial charge >= 0.3 is 0 Å². The molecule has 1 aliphatic heterocycles. The summed E-state index contributed by atoms with van der Waals surface area (Å²) in [5, 5.41) is 3.26. The third kappa shape index (κ3) is 3.47. The van der Waals surface area contributed by atoms with Gasteiger partial charge in [0.25, 0.3) is 0 Å². The highest BCUT2D eigenvalue weighted by atomic mass is 15.3. The Morgan fingerprint density at radius 1 is 1.47 bits per heavy atom. The zero-order chi connectivity index (χ0) is 13.8. The van der Waals surface area contributed by atoms with E-state index in [0.717, 1.165) is 44.1 Å². The summed E-state index contributed by atoms with van der Waals surface area (Å²) in [6.45, 7) is 5.04. The van der Waals surface area contributed by atoms with Crippen LogP contribution in [-0.4, -0.2) is 54.6 Å². The maximum Gasteiger partial charge on any atom is 0.223 e. The second-order valence-electron chi connectivity index (χ2n) is 5.25. The highest BCUT2D eigenvalue weighted by Gasteiger charge is 2.25. The fourth-order valence-corrected chi connectivity index (χ4v) is 2.33. The van der Waals surface area contributed by atoms with Crippen molar-refractivity contribution in [1.29, 1.82) is 0 Å². The Morgan fingerprint density at radius 2 is 2.26 bits per heavy atom. The van der Waals surface area contributed by atoms with E-state index < -0.39 is 0 Å². The Kier molecular flexibility index (Phi) is 4.42. The molecule has 1 fully saturated rings. The average molecular weight is 264 g/mol. The molecule has 0 spiro atoms. The van der Waals surface area contributed by atoms with Crippen LogP contribution in [0.25, 0.3) is 0 Å². The zero-order valence-corrected chi connectivity index (χ0v) is 12.1. The minimum Gasteiger partial charge on any atom is -0.370 e. The Hall–Kier alpha value is -1.56. The molecule has 1 saturated heterocycles. The van der Waals surface area contributed by atoms with E-state index in [9.17, 15) is 0 Å². The lowest BCUT2D eigenvalue weighted by Gasteiger charge is -2.21. The lowest BCUT2D eigenvalue weighted by molar-refractivity contribution is 0.315. The molecule has 0 aliphatic carbocycles. The second kappa shape index (κ2) is 6.06. The first kappa shape index (κ1) is 13.9. The molecule has 2 rings (SSSR count). The van der Waals surface area contributed by atoms with Gasteiger partial charge in [-0.2, -0.15) is 9.97 Å². The van der Waals surface area contributed by atoms with Crippen molar-refractivity contribution in [3.8, 4) is 0 Å². The predicted octanol–water partition coefficient (Wildman–Crippen LogP) is 1.02. The quantitative estimate of drug-likeness (QED) is 0.827. The molecule has 19 heavy (non-hydrogen) atoms. The number of rotatable bonds is 5. The van der Waals surface area contributed by atoms with Gasteiger partial charge in [-0.1, -0.05) is 6.92 Å². The molecular formula is C13H24N6. The summed E-state index contributed by atoms with van der Waals surface area (Å²) >= 11 is 0. The van der Waals surface area contributed by atoms with Crippen molar-refractivity contribution in [1.82, 2.24) is 14.9 Å². The smallest absolute Gasteiger partial charge is 0.223 e. The van der Waals surface area contributed by atoms with Gasteiger partial charge in [-0.25, -0.2) is 0 Å². The summed E-state index contributed by atoms with van der Waals surface area (Å²) < 4.78 is 0. The molecule has 0 amide bonds. The molecular weight excluding hydrogens is 240 g/mol. The van der Waals surface area contributed by atoms with E-state index >= 15 is 0 Å². The van der Waals surface area contributed by atoms with E-state index in [0.29, 0.717) is 12.0 Å². The summed E-state index contributed by atoms with van der Waals surface area (Å²) in [5.74, 6) is 2.08. The zero-order valence-electron chi connectivity index (χ0n) is 12.1. The highest BCUT2D eigenvalue weighted by molar-refractivity contribution is 5.53. The number of nitrogens with one attached hydrogen (secondary N) is 1. The van der Waals surface area contributed by atoms with Gasteiger partial charge in [0.1, 0.15) is 11.6 Å². The van der Waals surface area contributed by atoms with E-state index in [-0.39, 0.29) is 0 Å². The predicted molar refractivity (Wildman–Crippen MR) is 79.5 cm³/mol. The maximum absolute atomic E-state index is 5.79. The number of nitrogen functional groups attached to an aromatic ring is 1. The Morgan fingerprint density at radius 3 is 2.89 bits per heavy atom. The minimum atomic E-state index is 0.337. The fraction of sp³-hybridized carbons (Fsp3) is 0.692. The van der Waals surface area contributed by atoms with Crippen molar-refractivity contribution in [2.45, 2.75) is 25.8 Å². The summed E-state index contributed by atoms with van der Waals surface area (Å²) in [5.41, 5.74) is 5.79. The van der Waals surface area contributed by atoms with Crippen LogP contribution in [0.15, 0.2) is 6.07 Å². The summed E-state index contributed by atoms with van der Waals surface area (Å²) in [6, 6.07) is 2.58. The van der Waals surface area contributed by atoms with Gasteiger partial charge in [-0.05, 0) is 26.9 Å². The monoisotopic (exact) mass is 264 g/mol. The van der Waals surface area contributed by atoms with E-state index in [1.54, 1.807) is 0 Å². The number of likely N-dealkylation sites (N-methyl/N-ethyl adjacent to an activating group) is 1. The molecule has 1 aliphatic rings. The topological polar surface area (TPSA) is 70.3 Å². The summed E-state index contributed by atoms with van der Waals surface area (Å²) in [6.07, 6.45) is 2.22. The van der Waals surface area contributed by atoms with E-state index in [1.165, 1.54) is 0 Å². The third-order valence-corrected chi connectivity index (χ3v) is 3.50. The maximum atomic E-state index is 5.79. The van der Waals surface area contributed by atoms with Crippen LogP contribution in [0.2, 0.25) is 0 Å². The van der Waals surface area contributed by atoms with Gasteiger partial charge in [-0.15, -0.1) is 0 Å². The normalized spacial score (nSPS) is 19.2. The molecule has 6 nitrogen and oxygen atoms in total. The molecule has 0 radical (unpaired) electrons. The number of nitrogens with two attached hydrogens (primary N) is 1. The van der Waals surface area contributed by atoms with Crippen molar-refractivity contribution in [3.63, 3.8) is 0 Å². The number of aromatic nitrogens is 2. The molecule has 1 atom stereocenters. The molecule has 6 heteroatoms. The van der Waals surface area contributed by atoms with E-state index in [1.807, 2.05) is 6.07 Å². The Bertz CT molecular complexity index is 420. The average Bonchev–Trinajstić information content (AvgIpc) is 2.85. The van der Waals surface area contributed by atoms with Crippen LogP contribution in [0, 0.1) is 0 Å². The van der Waals surface area contributed by atoms with Gasteiger partial charge in [0.05, 0.1) is 0 Å². The van der Waals surface area contributed by atoms with Crippen LogP contribution in [0.3, 0.4) is 0 Å². The fourth-order valence-electron chi connectivity index (χ4n) is 2.33. The molecule has 106 valence electrons.